The molecule has 2 amide bonds. The van der Waals surface area contributed by atoms with Gasteiger partial charge >= 0.3 is 0 Å². The summed E-state index contributed by atoms with van der Waals surface area (Å²) >= 11 is 0. The maximum atomic E-state index is 14.1. The molecule has 5 aromatic rings. The van der Waals surface area contributed by atoms with E-state index in [1.165, 1.54) is 4.90 Å². The summed E-state index contributed by atoms with van der Waals surface area (Å²) in [4.78, 5) is 38.4. The van der Waals surface area contributed by atoms with Gasteiger partial charge in [0.05, 0.1) is 11.4 Å². The molecule has 2 heterocycles. The normalized spacial score (nSPS) is 10.8. The Morgan fingerprint density at radius 1 is 0.714 bits per heavy atom. The molecule has 0 saturated carbocycles. The molecule has 0 bridgehead atoms. The van der Waals surface area contributed by atoms with Crippen LogP contribution >= 0.6 is 0 Å². The lowest BCUT2D eigenvalue weighted by molar-refractivity contribution is 0.0896. The van der Waals surface area contributed by atoms with Crippen molar-refractivity contribution in [3.8, 4) is 11.4 Å². The van der Waals surface area contributed by atoms with Crippen LogP contribution in [0, 0.1) is 13.8 Å². The number of benzene rings is 3. The van der Waals surface area contributed by atoms with Crippen molar-refractivity contribution in [1.82, 2.24) is 9.97 Å². The van der Waals surface area contributed by atoms with Gasteiger partial charge in [-0.1, -0.05) is 66.2 Å². The van der Waals surface area contributed by atoms with E-state index in [-0.39, 0.29) is 5.82 Å². The quantitative estimate of drug-likeness (QED) is 0.293. The van der Waals surface area contributed by atoms with E-state index in [9.17, 15) is 9.59 Å². The minimum absolute atomic E-state index is 0.281. The van der Waals surface area contributed by atoms with Crippen LogP contribution < -0.4 is 4.90 Å². The predicted molar refractivity (Wildman–Crippen MR) is 138 cm³/mol. The third-order valence-corrected chi connectivity index (χ3v) is 5.91. The summed E-state index contributed by atoms with van der Waals surface area (Å²) < 4.78 is 0. The number of amides is 2. The van der Waals surface area contributed by atoms with Gasteiger partial charge in [-0.05, 0) is 61.2 Å². The van der Waals surface area contributed by atoms with Crippen LogP contribution in [-0.2, 0) is 0 Å². The van der Waals surface area contributed by atoms with Gasteiger partial charge in [0.15, 0.2) is 5.82 Å². The number of fused-ring (bicyclic) bond motifs is 1. The molecule has 35 heavy (non-hydrogen) atoms. The fourth-order valence-corrected chi connectivity index (χ4v) is 4.08. The highest BCUT2D eigenvalue weighted by molar-refractivity contribution is 6.28. The Hall–Kier alpha value is -4.64. The molecular weight excluding hydrogens is 434 g/mol. The zero-order chi connectivity index (χ0) is 24.4. The van der Waals surface area contributed by atoms with Crippen molar-refractivity contribution in [2.24, 2.45) is 0 Å². The number of carbonyl (C=O) groups is 2. The van der Waals surface area contributed by atoms with Gasteiger partial charge < -0.3 is 0 Å². The first kappa shape index (κ1) is 22.2. The van der Waals surface area contributed by atoms with E-state index in [0.29, 0.717) is 27.9 Å². The summed E-state index contributed by atoms with van der Waals surface area (Å²) in [6.45, 7) is 3.79. The number of hydrogen-bond donors (Lipinski definition) is 0. The number of hydrogen-bond acceptors (Lipinski definition) is 4. The van der Waals surface area contributed by atoms with Gasteiger partial charge in [0, 0.05) is 22.7 Å². The molecule has 0 fully saturated rings. The lowest BCUT2D eigenvalue weighted by Gasteiger charge is -2.23. The molecule has 5 rings (SSSR count). The van der Waals surface area contributed by atoms with Gasteiger partial charge in [-0.25, -0.2) is 9.88 Å². The number of anilines is 1. The summed E-state index contributed by atoms with van der Waals surface area (Å²) in [7, 11) is 0. The maximum absolute atomic E-state index is 14.1. The van der Waals surface area contributed by atoms with Crippen molar-refractivity contribution in [2.75, 3.05) is 4.90 Å². The van der Waals surface area contributed by atoms with Crippen molar-refractivity contribution >= 4 is 28.4 Å². The second-order valence-corrected chi connectivity index (χ2v) is 8.40. The first-order chi connectivity index (χ1) is 17.0. The first-order valence-corrected chi connectivity index (χ1v) is 11.4. The summed E-state index contributed by atoms with van der Waals surface area (Å²) in [6.07, 6.45) is 1.69. The van der Waals surface area contributed by atoms with Crippen LogP contribution in [0.15, 0.2) is 103 Å². The molecule has 170 valence electrons. The van der Waals surface area contributed by atoms with Gasteiger partial charge in [0.1, 0.15) is 0 Å². The lowest BCUT2D eigenvalue weighted by Crippen LogP contribution is -2.38. The molecule has 3 aromatic carbocycles. The molecule has 0 aliphatic heterocycles. The average molecular weight is 458 g/mol. The molecule has 0 aliphatic rings. The Morgan fingerprint density at radius 3 is 2.23 bits per heavy atom. The second-order valence-electron chi connectivity index (χ2n) is 8.40. The van der Waals surface area contributed by atoms with Crippen LogP contribution in [-0.4, -0.2) is 21.8 Å². The lowest BCUT2D eigenvalue weighted by atomic mass is 10.0. The highest BCUT2D eigenvalue weighted by atomic mass is 16.2. The van der Waals surface area contributed by atoms with E-state index in [1.54, 1.807) is 30.5 Å². The van der Waals surface area contributed by atoms with Crippen molar-refractivity contribution in [3.63, 3.8) is 0 Å². The van der Waals surface area contributed by atoms with E-state index in [4.69, 9.17) is 4.98 Å². The Kier molecular flexibility index (Phi) is 5.90. The minimum Gasteiger partial charge on any atom is -0.268 e. The Morgan fingerprint density at radius 2 is 1.46 bits per heavy atom. The number of imide groups is 1. The number of aromatic nitrogens is 2. The molecule has 0 atom stereocenters. The van der Waals surface area contributed by atoms with Crippen molar-refractivity contribution < 1.29 is 9.59 Å². The smallest absolute Gasteiger partial charge is 0.266 e. The van der Waals surface area contributed by atoms with Gasteiger partial charge in [-0.15, -0.1) is 0 Å². The standard InChI is InChI=1S/C30H23N3O2/c1-20-15-16-21(2)25(18-20)30(35)33(29(34)22-10-4-3-5-11-22)28-24-13-7-6-12-23(24)19-27(32-28)26-14-8-9-17-31-26/h3-19H,1-2H3. The van der Waals surface area contributed by atoms with E-state index in [2.05, 4.69) is 4.98 Å². The average Bonchev–Trinajstić information content (AvgIpc) is 2.91. The van der Waals surface area contributed by atoms with Crippen LogP contribution in [0.5, 0.6) is 0 Å². The highest BCUT2D eigenvalue weighted by Crippen LogP contribution is 2.32. The van der Waals surface area contributed by atoms with Gasteiger partial charge in [0.25, 0.3) is 11.8 Å². The Labute approximate surface area is 203 Å². The van der Waals surface area contributed by atoms with E-state index < -0.39 is 11.8 Å². The molecule has 0 unspecified atom stereocenters. The largest absolute Gasteiger partial charge is 0.268 e. The molecule has 0 aliphatic carbocycles. The summed E-state index contributed by atoms with van der Waals surface area (Å²) in [5.74, 6) is -0.577. The number of pyridine rings is 2. The predicted octanol–water partition coefficient (Wildman–Crippen LogP) is 6.40. The molecule has 2 aromatic heterocycles. The Bertz CT molecular complexity index is 1550. The van der Waals surface area contributed by atoms with Crippen molar-refractivity contribution in [3.05, 3.63) is 126 Å². The molecule has 0 radical (unpaired) electrons. The Balaban J connectivity index is 1.78. The summed E-state index contributed by atoms with van der Waals surface area (Å²) in [5.41, 5.74) is 3.83. The zero-order valence-corrected chi connectivity index (χ0v) is 19.5. The SMILES string of the molecule is Cc1ccc(C)c(C(=O)N(C(=O)c2ccccc2)c2nc(-c3ccccn3)cc3ccccc23)c1. The summed E-state index contributed by atoms with van der Waals surface area (Å²) in [6, 6.07) is 29.6. The van der Waals surface area contributed by atoms with Crippen LogP contribution in [0.25, 0.3) is 22.2 Å². The molecule has 0 spiro atoms. The van der Waals surface area contributed by atoms with Crippen molar-refractivity contribution in [2.45, 2.75) is 13.8 Å². The topological polar surface area (TPSA) is 63.2 Å². The zero-order valence-electron chi connectivity index (χ0n) is 19.5. The fraction of sp³-hybridized carbons (Fsp3) is 0.0667. The number of nitrogens with zero attached hydrogens (tertiary/aromatic N) is 3. The minimum atomic E-state index is -0.438. The summed E-state index contributed by atoms with van der Waals surface area (Å²) in [5, 5.41) is 1.56. The van der Waals surface area contributed by atoms with E-state index >= 15 is 0 Å². The molecule has 0 saturated heterocycles. The number of carbonyl (C=O) groups excluding carboxylic acids is 2. The molecule has 5 nitrogen and oxygen atoms in total. The van der Waals surface area contributed by atoms with Crippen LogP contribution in [0.3, 0.4) is 0 Å². The monoisotopic (exact) mass is 457 g/mol. The molecule has 5 heteroatoms. The molecular formula is C30H23N3O2. The first-order valence-electron chi connectivity index (χ1n) is 11.4. The van der Waals surface area contributed by atoms with E-state index in [1.807, 2.05) is 86.6 Å². The number of aryl methyl sites for hydroxylation is 2. The maximum Gasteiger partial charge on any atom is 0.266 e. The number of rotatable bonds is 4. The van der Waals surface area contributed by atoms with E-state index in [0.717, 1.165) is 16.5 Å². The van der Waals surface area contributed by atoms with Crippen LogP contribution in [0.2, 0.25) is 0 Å². The third-order valence-electron chi connectivity index (χ3n) is 5.91. The van der Waals surface area contributed by atoms with Gasteiger partial charge in [-0.2, -0.15) is 0 Å². The van der Waals surface area contributed by atoms with Gasteiger partial charge in [-0.3, -0.25) is 14.6 Å². The highest BCUT2D eigenvalue weighted by Gasteiger charge is 2.30. The van der Waals surface area contributed by atoms with Crippen LogP contribution in [0.4, 0.5) is 5.82 Å². The van der Waals surface area contributed by atoms with Gasteiger partial charge in [0.2, 0.25) is 0 Å². The van der Waals surface area contributed by atoms with Crippen LogP contribution in [0.1, 0.15) is 31.8 Å². The molecule has 0 N–H and O–H groups in total. The van der Waals surface area contributed by atoms with Crippen molar-refractivity contribution in [1.29, 1.82) is 0 Å². The fourth-order valence-electron chi connectivity index (χ4n) is 4.08. The third kappa shape index (κ3) is 4.32. The second kappa shape index (κ2) is 9.31.